The largest absolute Gasteiger partial charge is 0.286 e. The van der Waals surface area contributed by atoms with Crippen LogP contribution in [-0.2, 0) is 0 Å². The Hall–Kier alpha value is 0.260. The first kappa shape index (κ1) is 32.2. The summed E-state index contributed by atoms with van der Waals surface area (Å²) < 4.78 is 0. The summed E-state index contributed by atoms with van der Waals surface area (Å²) in [7, 11) is 0. The molecule has 0 spiro atoms. The molecular formula is C36H62Cl2N8. The molecule has 0 aromatic carbocycles. The highest BCUT2D eigenvalue weighted by Gasteiger charge is 2.58. The van der Waals surface area contributed by atoms with Crippen LogP contribution in [0.25, 0.3) is 0 Å². The van der Waals surface area contributed by atoms with E-state index in [1.54, 1.807) is 0 Å². The summed E-state index contributed by atoms with van der Waals surface area (Å²) >= 11 is 14.8. The van der Waals surface area contributed by atoms with Crippen molar-refractivity contribution >= 4 is 23.2 Å². The molecule has 0 radical (unpaired) electrons. The van der Waals surface area contributed by atoms with E-state index in [9.17, 15) is 0 Å². The van der Waals surface area contributed by atoms with Crippen molar-refractivity contribution in [3.05, 3.63) is 0 Å². The van der Waals surface area contributed by atoms with Crippen molar-refractivity contribution in [2.45, 2.75) is 164 Å². The SMILES string of the molecule is CC(C)(C)C1CC2C3NC4NC(NC5NC(NC6NC(NC(N3)C2C(Cl)C1Cl)C1CCCCC61)C1CCCCC51)C1CCCCC41. The maximum atomic E-state index is 7.51. The Kier molecular flexibility index (Phi) is 8.74. The summed E-state index contributed by atoms with van der Waals surface area (Å²) in [5, 5.41) is 33.6. The van der Waals surface area contributed by atoms with Crippen LogP contribution in [-0.4, -0.2) is 60.1 Å². The molecule has 5 saturated heterocycles. The summed E-state index contributed by atoms with van der Waals surface area (Å²) in [6, 6.07) is 0. The number of rotatable bonds is 0. The average molecular weight is 678 g/mol. The van der Waals surface area contributed by atoms with Gasteiger partial charge in [0.25, 0.3) is 0 Å². The topological polar surface area (TPSA) is 96.2 Å². The van der Waals surface area contributed by atoms with Crippen LogP contribution < -0.4 is 42.5 Å². The molecule has 0 aromatic heterocycles. The van der Waals surface area contributed by atoms with Crippen LogP contribution in [0.2, 0.25) is 0 Å². The molecule has 19 atom stereocenters. The molecule has 8 N–H and O–H groups in total. The molecule has 10 heteroatoms. The van der Waals surface area contributed by atoms with Crippen LogP contribution in [0.5, 0.6) is 0 Å². The van der Waals surface area contributed by atoms with Crippen LogP contribution >= 0.6 is 23.2 Å². The maximum absolute atomic E-state index is 7.51. The molecule has 46 heavy (non-hydrogen) atoms. The number of nitrogens with one attached hydrogen (secondary N) is 8. The first-order valence-corrected chi connectivity index (χ1v) is 20.5. The smallest absolute Gasteiger partial charge is 0.0643 e. The van der Waals surface area contributed by atoms with Gasteiger partial charge in [-0.25, -0.2) is 0 Å². The van der Waals surface area contributed by atoms with Gasteiger partial charge in [-0.3, -0.25) is 42.5 Å². The van der Waals surface area contributed by atoms with Crippen molar-refractivity contribution in [3.8, 4) is 0 Å². The summed E-state index contributed by atoms with van der Waals surface area (Å²) in [6.07, 6.45) is 19.5. The van der Waals surface area contributed by atoms with Gasteiger partial charge < -0.3 is 0 Å². The van der Waals surface area contributed by atoms with Crippen molar-refractivity contribution in [1.29, 1.82) is 0 Å². The number of fused-ring (bicyclic) bond motifs is 20. The summed E-state index contributed by atoms with van der Waals surface area (Å²) in [4.78, 5) is 0. The zero-order chi connectivity index (χ0) is 31.3. The third-order valence-electron chi connectivity index (χ3n) is 15.1. The molecule has 9 aliphatic rings. The van der Waals surface area contributed by atoms with Gasteiger partial charge in [-0.05, 0) is 97.7 Å². The standard InChI is InChI=1S/C36H62Cl2N8/c1-36(2,3)24-16-23-25(27(38)26(24)37)35-45-33-22-15-9-8-14-21(22)31(43-33)41-29-18-11-5-4-10-17(18)28(39-29)40-30-19-12-6-7-13-20(19)32(42-30)44-34(23)46-35/h17-35,39-46H,4-16H2,1-3H3. The Morgan fingerprint density at radius 2 is 0.674 bits per heavy atom. The molecule has 5 aliphatic heterocycles. The molecule has 19 unspecified atom stereocenters. The molecule has 4 saturated carbocycles. The fraction of sp³-hybridized carbons (Fsp3) is 1.00. The van der Waals surface area contributed by atoms with Crippen molar-refractivity contribution < 1.29 is 0 Å². The van der Waals surface area contributed by atoms with E-state index in [2.05, 4.69) is 63.3 Å². The quantitative estimate of drug-likeness (QED) is 0.180. The minimum Gasteiger partial charge on any atom is -0.286 e. The van der Waals surface area contributed by atoms with Gasteiger partial charge in [-0.15, -0.1) is 23.2 Å². The van der Waals surface area contributed by atoms with E-state index < -0.39 is 0 Å². The molecule has 8 nitrogen and oxygen atoms in total. The second-order valence-electron chi connectivity index (χ2n) is 18.3. The average Bonchev–Trinajstić information content (AvgIpc) is 3.77. The van der Waals surface area contributed by atoms with Crippen LogP contribution in [0.3, 0.4) is 0 Å². The molecule has 4 aliphatic carbocycles. The van der Waals surface area contributed by atoms with Crippen molar-refractivity contribution in [1.82, 2.24) is 42.5 Å². The molecule has 9 rings (SSSR count). The lowest BCUT2D eigenvalue weighted by molar-refractivity contribution is 0.0938. The third-order valence-corrected chi connectivity index (χ3v) is 16.3. The van der Waals surface area contributed by atoms with Gasteiger partial charge in [0, 0.05) is 5.92 Å². The molecule has 8 bridgehead atoms. The third kappa shape index (κ3) is 5.45. The van der Waals surface area contributed by atoms with Gasteiger partial charge in [-0.2, -0.15) is 0 Å². The van der Waals surface area contributed by atoms with Crippen molar-refractivity contribution in [3.63, 3.8) is 0 Å². The summed E-state index contributed by atoms with van der Waals surface area (Å²) in [6.45, 7) is 7.08. The van der Waals surface area contributed by atoms with Gasteiger partial charge >= 0.3 is 0 Å². The molecule has 9 fully saturated rings. The second-order valence-corrected chi connectivity index (χ2v) is 19.3. The lowest BCUT2D eigenvalue weighted by Gasteiger charge is -2.47. The van der Waals surface area contributed by atoms with Gasteiger partial charge in [0.1, 0.15) is 0 Å². The first-order chi connectivity index (χ1) is 22.2. The predicted octanol–water partition coefficient (Wildman–Crippen LogP) is 4.31. The zero-order valence-electron chi connectivity index (χ0n) is 28.4. The Bertz CT molecular complexity index is 1110. The van der Waals surface area contributed by atoms with E-state index in [1.807, 2.05) is 0 Å². The molecule has 0 amide bonds. The first-order valence-electron chi connectivity index (χ1n) is 19.6. The number of hydrogen-bond donors (Lipinski definition) is 8. The lowest BCUT2D eigenvalue weighted by atomic mass is 9.64. The fourth-order valence-corrected chi connectivity index (χ4v) is 14.0. The van der Waals surface area contributed by atoms with Crippen LogP contribution in [0.15, 0.2) is 0 Å². The van der Waals surface area contributed by atoms with E-state index in [1.165, 1.54) is 77.0 Å². The van der Waals surface area contributed by atoms with E-state index in [-0.39, 0.29) is 40.6 Å². The van der Waals surface area contributed by atoms with Crippen molar-refractivity contribution in [2.24, 2.45) is 58.7 Å². The monoisotopic (exact) mass is 676 g/mol. The van der Waals surface area contributed by atoms with E-state index >= 15 is 0 Å². The maximum Gasteiger partial charge on any atom is 0.0643 e. The normalized spacial score (nSPS) is 56.9. The highest BCUT2D eigenvalue weighted by Crippen LogP contribution is 2.52. The minimum atomic E-state index is -0.0717. The Morgan fingerprint density at radius 1 is 0.391 bits per heavy atom. The van der Waals surface area contributed by atoms with E-state index in [0.717, 1.165) is 6.42 Å². The molecular weight excluding hydrogens is 615 g/mol. The molecule has 5 heterocycles. The Labute approximate surface area is 287 Å². The highest BCUT2D eigenvalue weighted by molar-refractivity contribution is 6.30. The summed E-state index contributed by atoms with van der Waals surface area (Å²) in [5.41, 5.74) is 0.120. The summed E-state index contributed by atoms with van der Waals surface area (Å²) in [5.74, 6) is 5.13. The van der Waals surface area contributed by atoms with Crippen LogP contribution in [0.4, 0.5) is 0 Å². The molecule has 260 valence electrons. The van der Waals surface area contributed by atoms with Gasteiger partial charge in [0.2, 0.25) is 0 Å². The second kappa shape index (κ2) is 12.5. The van der Waals surface area contributed by atoms with Gasteiger partial charge in [-0.1, -0.05) is 59.3 Å². The van der Waals surface area contributed by atoms with Crippen LogP contribution in [0.1, 0.15) is 104 Å². The fourth-order valence-electron chi connectivity index (χ4n) is 12.8. The van der Waals surface area contributed by atoms with E-state index in [4.69, 9.17) is 23.2 Å². The highest BCUT2D eigenvalue weighted by atomic mass is 35.5. The van der Waals surface area contributed by atoms with Crippen molar-refractivity contribution in [2.75, 3.05) is 0 Å². The van der Waals surface area contributed by atoms with Gasteiger partial charge in [0.05, 0.1) is 60.1 Å². The zero-order valence-corrected chi connectivity index (χ0v) is 29.9. The number of halogens is 2. The lowest BCUT2D eigenvalue weighted by Crippen LogP contribution is -2.62. The molecule has 0 aromatic rings. The van der Waals surface area contributed by atoms with Crippen LogP contribution in [0, 0.1) is 58.7 Å². The Morgan fingerprint density at radius 3 is 0.978 bits per heavy atom. The number of alkyl halides is 2. The Balaban J connectivity index is 1.07. The minimum absolute atomic E-state index is 0.0266. The van der Waals surface area contributed by atoms with E-state index in [0.29, 0.717) is 78.2 Å². The van der Waals surface area contributed by atoms with Gasteiger partial charge in [0.15, 0.2) is 0 Å². The predicted molar refractivity (Wildman–Crippen MR) is 186 cm³/mol. The number of hydrogen-bond acceptors (Lipinski definition) is 8.